The summed E-state index contributed by atoms with van der Waals surface area (Å²) in [6, 6.07) is 6.02. The summed E-state index contributed by atoms with van der Waals surface area (Å²) in [4.78, 5) is 0. The smallest absolute Gasteiger partial charge is 0.0644 e. The number of halogens is 2. The highest BCUT2D eigenvalue weighted by atomic mass is 79.9. The molecule has 0 aliphatic heterocycles. The number of rotatable bonds is 3. The van der Waals surface area contributed by atoms with E-state index in [1.807, 2.05) is 31.2 Å². The predicted octanol–water partition coefficient (Wildman–Crippen LogP) is 4.00. The normalized spacial score (nSPS) is 11.9. The Morgan fingerprint density at radius 2 is 2.07 bits per heavy atom. The van der Waals surface area contributed by atoms with Gasteiger partial charge in [0, 0.05) is 8.95 Å². The van der Waals surface area contributed by atoms with Crippen LogP contribution in [0.25, 0.3) is 6.08 Å². The fraction of sp³-hybridized carbons (Fsp3) is 0.273. The first kappa shape index (κ1) is 12.0. The standard InChI is InChI=1S/C11H12Br2O/c1-2-8(7-14)5-9-3-4-10(12)11(13)6-9/h3-6,14H,2,7H2,1H3/b8-5-. The summed E-state index contributed by atoms with van der Waals surface area (Å²) in [5.41, 5.74) is 2.14. The minimum atomic E-state index is 0.129. The highest BCUT2D eigenvalue weighted by Crippen LogP contribution is 2.24. The molecule has 0 heterocycles. The molecule has 0 fully saturated rings. The highest BCUT2D eigenvalue weighted by Gasteiger charge is 1.97. The molecule has 0 aliphatic rings. The maximum Gasteiger partial charge on any atom is 0.0644 e. The number of benzene rings is 1. The number of hydrogen-bond acceptors (Lipinski definition) is 1. The van der Waals surface area contributed by atoms with Crippen LogP contribution in [0.4, 0.5) is 0 Å². The van der Waals surface area contributed by atoms with Crippen molar-refractivity contribution >= 4 is 37.9 Å². The topological polar surface area (TPSA) is 20.2 Å². The molecule has 1 N–H and O–H groups in total. The maximum absolute atomic E-state index is 9.02. The van der Waals surface area contributed by atoms with Gasteiger partial charge >= 0.3 is 0 Å². The van der Waals surface area contributed by atoms with Crippen LogP contribution < -0.4 is 0 Å². The minimum absolute atomic E-state index is 0.129. The monoisotopic (exact) mass is 318 g/mol. The van der Waals surface area contributed by atoms with E-state index in [2.05, 4.69) is 31.9 Å². The van der Waals surface area contributed by atoms with Gasteiger partial charge in [0.25, 0.3) is 0 Å². The van der Waals surface area contributed by atoms with Gasteiger partial charge in [-0.25, -0.2) is 0 Å². The highest BCUT2D eigenvalue weighted by molar-refractivity contribution is 9.13. The quantitative estimate of drug-likeness (QED) is 0.893. The van der Waals surface area contributed by atoms with Gasteiger partial charge in [-0.1, -0.05) is 19.1 Å². The van der Waals surface area contributed by atoms with E-state index < -0.39 is 0 Å². The van der Waals surface area contributed by atoms with Crippen molar-refractivity contribution in [1.29, 1.82) is 0 Å². The van der Waals surface area contributed by atoms with E-state index in [9.17, 15) is 0 Å². The average molecular weight is 320 g/mol. The van der Waals surface area contributed by atoms with Crippen molar-refractivity contribution in [2.45, 2.75) is 13.3 Å². The molecule has 0 unspecified atom stereocenters. The summed E-state index contributed by atoms with van der Waals surface area (Å²) in [6.07, 6.45) is 2.89. The SMILES string of the molecule is CC/C(=C/c1ccc(Br)c(Br)c1)CO. The molecule has 3 heteroatoms. The lowest BCUT2D eigenvalue weighted by Gasteiger charge is -2.02. The molecule has 1 rings (SSSR count). The lowest BCUT2D eigenvalue weighted by atomic mass is 10.1. The van der Waals surface area contributed by atoms with Gasteiger partial charge in [0.1, 0.15) is 0 Å². The van der Waals surface area contributed by atoms with Crippen molar-refractivity contribution in [3.8, 4) is 0 Å². The molecule has 76 valence electrons. The first-order valence-electron chi connectivity index (χ1n) is 4.42. The molecular weight excluding hydrogens is 308 g/mol. The molecular formula is C11H12Br2O. The van der Waals surface area contributed by atoms with E-state index in [1.165, 1.54) is 0 Å². The average Bonchev–Trinajstić information content (AvgIpc) is 2.19. The van der Waals surface area contributed by atoms with E-state index in [-0.39, 0.29) is 6.61 Å². The van der Waals surface area contributed by atoms with E-state index in [0.29, 0.717) is 0 Å². The molecule has 0 saturated carbocycles. The third kappa shape index (κ3) is 3.23. The summed E-state index contributed by atoms with van der Waals surface area (Å²) in [7, 11) is 0. The second-order valence-electron chi connectivity index (χ2n) is 2.99. The molecule has 0 aliphatic carbocycles. The molecule has 0 amide bonds. The van der Waals surface area contributed by atoms with Gasteiger partial charge in [-0.05, 0) is 61.5 Å². The van der Waals surface area contributed by atoms with Crippen LogP contribution in [0.15, 0.2) is 32.7 Å². The van der Waals surface area contributed by atoms with Crippen LogP contribution in [0.3, 0.4) is 0 Å². The minimum Gasteiger partial charge on any atom is -0.392 e. The molecule has 14 heavy (non-hydrogen) atoms. The van der Waals surface area contributed by atoms with E-state index >= 15 is 0 Å². The first-order chi connectivity index (χ1) is 6.67. The van der Waals surface area contributed by atoms with Gasteiger partial charge in [0.2, 0.25) is 0 Å². The van der Waals surface area contributed by atoms with Gasteiger partial charge in [-0.2, -0.15) is 0 Å². The first-order valence-corrected chi connectivity index (χ1v) is 6.01. The Hall–Kier alpha value is -0.120. The molecule has 1 aromatic carbocycles. The second-order valence-corrected chi connectivity index (χ2v) is 4.70. The van der Waals surface area contributed by atoms with Crippen LogP contribution in [-0.4, -0.2) is 11.7 Å². The Morgan fingerprint density at radius 3 is 2.57 bits per heavy atom. The summed E-state index contributed by atoms with van der Waals surface area (Å²) >= 11 is 6.85. The third-order valence-electron chi connectivity index (χ3n) is 1.97. The number of aliphatic hydroxyl groups is 1. The molecule has 0 aromatic heterocycles. The van der Waals surface area contributed by atoms with E-state index in [4.69, 9.17) is 5.11 Å². The number of hydrogen-bond donors (Lipinski definition) is 1. The van der Waals surface area contributed by atoms with Crippen molar-refractivity contribution in [1.82, 2.24) is 0 Å². The zero-order valence-electron chi connectivity index (χ0n) is 7.93. The fourth-order valence-electron chi connectivity index (χ4n) is 1.10. The van der Waals surface area contributed by atoms with Crippen molar-refractivity contribution in [3.05, 3.63) is 38.3 Å². The van der Waals surface area contributed by atoms with Crippen molar-refractivity contribution in [3.63, 3.8) is 0 Å². The van der Waals surface area contributed by atoms with Crippen LogP contribution in [0.1, 0.15) is 18.9 Å². The fourth-order valence-corrected chi connectivity index (χ4v) is 1.74. The van der Waals surface area contributed by atoms with Gasteiger partial charge in [0.15, 0.2) is 0 Å². The predicted molar refractivity (Wildman–Crippen MR) is 67.2 cm³/mol. The molecule has 1 nitrogen and oxygen atoms in total. The van der Waals surface area contributed by atoms with Crippen LogP contribution >= 0.6 is 31.9 Å². The van der Waals surface area contributed by atoms with Crippen molar-refractivity contribution < 1.29 is 5.11 Å². The van der Waals surface area contributed by atoms with Crippen LogP contribution in [-0.2, 0) is 0 Å². The summed E-state index contributed by atoms with van der Waals surface area (Å²) in [6.45, 7) is 2.17. The zero-order valence-corrected chi connectivity index (χ0v) is 11.1. The zero-order chi connectivity index (χ0) is 10.6. The van der Waals surface area contributed by atoms with E-state index in [1.54, 1.807) is 0 Å². The Morgan fingerprint density at radius 1 is 1.36 bits per heavy atom. The largest absolute Gasteiger partial charge is 0.392 e. The Balaban J connectivity index is 2.97. The summed E-state index contributed by atoms with van der Waals surface area (Å²) in [5.74, 6) is 0. The molecule has 1 aromatic rings. The van der Waals surface area contributed by atoms with Crippen molar-refractivity contribution in [2.24, 2.45) is 0 Å². The van der Waals surface area contributed by atoms with Crippen molar-refractivity contribution in [2.75, 3.05) is 6.61 Å². The Kier molecular flexibility index (Phi) is 4.85. The van der Waals surface area contributed by atoms with E-state index in [0.717, 1.165) is 26.5 Å². The number of aliphatic hydroxyl groups excluding tert-OH is 1. The van der Waals surface area contributed by atoms with Gasteiger partial charge in [-0.3, -0.25) is 0 Å². The third-order valence-corrected chi connectivity index (χ3v) is 3.85. The molecule has 0 saturated heterocycles. The maximum atomic E-state index is 9.02. The Labute approximate surface area is 101 Å². The molecule has 0 bridgehead atoms. The Bertz CT molecular complexity index is 339. The lowest BCUT2D eigenvalue weighted by molar-refractivity contribution is 0.329. The molecule has 0 atom stereocenters. The lowest BCUT2D eigenvalue weighted by Crippen LogP contribution is -1.87. The van der Waals surface area contributed by atoms with Crippen LogP contribution in [0, 0.1) is 0 Å². The second kappa shape index (κ2) is 5.69. The van der Waals surface area contributed by atoms with Gasteiger partial charge in [-0.15, -0.1) is 0 Å². The molecule has 0 radical (unpaired) electrons. The summed E-state index contributed by atoms with van der Waals surface area (Å²) < 4.78 is 2.07. The molecule has 0 spiro atoms. The van der Waals surface area contributed by atoms with Gasteiger partial charge < -0.3 is 5.11 Å². The van der Waals surface area contributed by atoms with Gasteiger partial charge in [0.05, 0.1) is 6.61 Å². The van der Waals surface area contributed by atoms with Crippen LogP contribution in [0.5, 0.6) is 0 Å². The van der Waals surface area contributed by atoms with Crippen LogP contribution in [0.2, 0.25) is 0 Å². The summed E-state index contributed by atoms with van der Waals surface area (Å²) in [5, 5.41) is 9.02.